The summed E-state index contributed by atoms with van der Waals surface area (Å²) in [6.45, 7) is 7.62. The molecule has 1 atom stereocenters. The Hall–Kier alpha value is -2.45. The van der Waals surface area contributed by atoms with Crippen molar-refractivity contribution in [2.24, 2.45) is 0 Å². The number of hydrogen-bond donors (Lipinski definition) is 3. The van der Waals surface area contributed by atoms with E-state index in [1.807, 2.05) is 26.0 Å². The van der Waals surface area contributed by atoms with E-state index in [2.05, 4.69) is 10.6 Å². The Morgan fingerprint density at radius 3 is 2.48 bits per heavy atom. The summed E-state index contributed by atoms with van der Waals surface area (Å²) >= 11 is 0. The van der Waals surface area contributed by atoms with Crippen molar-refractivity contribution in [3.05, 3.63) is 35.4 Å². The molecule has 2 rings (SSSR count). The largest absolute Gasteiger partial charge is 0.452 e. The van der Waals surface area contributed by atoms with Crippen LogP contribution in [0.25, 0.3) is 0 Å². The zero-order chi connectivity index (χ0) is 19.6. The minimum absolute atomic E-state index is 0.0434. The smallest absolute Gasteiger partial charge is 0.338 e. The first-order valence-corrected chi connectivity index (χ1v) is 9.25. The van der Waals surface area contributed by atoms with Crippen LogP contribution in [-0.4, -0.2) is 56.9 Å². The van der Waals surface area contributed by atoms with E-state index in [1.54, 1.807) is 12.1 Å². The Morgan fingerprint density at radius 2 is 1.85 bits per heavy atom. The third-order valence-corrected chi connectivity index (χ3v) is 4.42. The lowest BCUT2D eigenvalue weighted by atomic mass is 10.1. The highest BCUT2D eigenvalue weighted by Crippen LogP contribution is 2.05. The summed E-state index contributed by atoms with van der Waals surface area (Å²) in [5.41, 5.74) is 1.50. The summed E-state index contributed by atoms with van der Waals surface area (Å²) in [5, 5.41) is 4.73. The average Bonchev–Trinajstić information content (AvgIpc) is 2.67. The van der Waals surface area contributed by atoms with Crippen molar-refractivity contribution in [3.63, 3.8) is 0 Å². The van der Waals surface area contributed by atoms with Gasteiger partial charge in [0.15, 0.2) is 6.61 Å². The van der Waals surface area contributed by atoms with Gasteiger partial charge in [-0.3, -0.25) is 10.1 Å². The van der Waals surface area contributed by atoms with Crippen molar-refractivity contribution in [2.75, 3.05) is 32.9 Å². The zero-order valence-electron chi connectivity index (χ0n) is 15.9. The molecule has 148 valence electrons. The van der Waals surface area contributed by atoms with E-state index in [0.29, 0.717) is 5.56 Å². The zero-order valence-corrected chi connectivity index (χ0v) is 15.9. The maximum atomic E-state index is 12.0. The van der Waals surface area contributed by atoms with Crippen molar-refractivity contribution >= 4 is 17.9 Å². The molecule has 1 aliphatic rings. The molecule has 1 aliphatic heterocycles. The number of morpholine rings is 1. The van der Waals surface area contributed by atoms with E-state index in [4.69, 9.17) is 9.47 Å². The Kier molecular flexibility index (Phi) is 8.22. The van der Waals surface area contributed by atoms with Gasteiger partial charge in [0.2, 0.25) is 0 Å². The van der Waals surface area contributed by atoms with Crippen LogP contribution in [-0.2, 0) is 20.8 Å². The fourth-order valence-electron chi connectivity index (χ4n) is 2.62. The van der Waals surface area contributed by atoms with Crippen LogP contribution in [0.1, 0.15) is 36.2 Å². The number of rotatable bonds is 7. The summed E-state index contributed by atoms with van der Waals surface area (Å²) < 4.78 is 10.3. The van der Waals surface area contributed by atoms with Gasteiger partial charge in [0, 0.05) is 11.6 Å². The molecule has 0 bridgehead atoms. The van der Waals surface area contributed by atoms with Gasteiger partial charge in [-0.05, 0) is 25.5 Å². The molecule has 1 aromatic carbocycles. The molecule has 0 aromatic heterocycles. The second kappa shape index (κ2) is 10.6. The van der Waals surface area contributed by atoms with E-state index in [1.165, 1.54) is 4.90 Å². The number of esters is 1. The van der Waals surface area contributed by atoms with E-state index < -0.39 is 24.5 Å². The lowest BCUT2D eigenvalue weighted by Crippen LogP contribution is -3.12. The standard InChI is InChI=1S/C19H27N3O5/c1-3-14(2)20-19(25)21-17(23)13-27-18(24)16-6-4-15(5-7-16)12-22-8-10-26-11-9-22/h4-7,14H,3,8-13H2,1-2H3,(H2,20,21,23,25)/p+1/t14-/m1/s1. The number of quaternary nitrogens is 1. The highest BCUT2D eigenvalue weighted by molar-refractivity contribution is 5.97. The molecule has 8 nitrogen and oxygen atoms in total. The summed E-state index contributed by atoms with van der Waals surface area (Å²) in [6.07, 6.45) is 0.750. The van der Waals surface area contributed by atoms with Gasteiger partial charge in [-0.1, -0.05) is 19.1 Å². The van der Waals surface area contributed by atoms with Gasteiger partial charge in [0.05, 0.1) is 18.8 Å². The Bertz CT molecular complexity index is 641. The molecule has 0 unspecified atom stereocenters. The highest BCUT2D eigenvalue weighted by atomic mass is 16.5. The van der Waals surface area contributed by atoms with E-state index in [-0.39, 0.29) is 6.04 Å². The molecular weight excluding hydrogens is 350 g/mol. The number of imide groups is 1. The van der Waals surface area contributed by atoms with E-state index in [9.17, 15) is 14.4 Å². The topological polar surface area (TPSA) is 98.2 Å². The second-order valence-electron chi connectivity index (χ2n) is 6.64. The molecule has 0 spiro atoms. The Balaban J connectivity index is 1.75. The maximum Gasteiger partial charge on any atom is 0.338 e. The summed E-state index contributed by atoms with van der Waals surface area (Å²) in [7, 11) is 0. The predicted octanol–water partition coefficient (Wildman–Crippen LogP) is -0.117. The van der Waals surface area contributed by atoms with Gasteiger partial charge in [0.25, 0.3) is 5.91 Å². The van der Waals surface area contributed by atoms with Gasteiger partial charge >= 0.3 is 12.0 Å². The average molecular weight is 378 g/mol. The second-order valence-corrected chi connectivity index (χ2v) is 6.64. The number of benzene rings is 1. The number of urea groups is 1. The van der Waals surface area contributed by atoms with Crippen molar-refractivity contribution in [1.82, 2.24) is 10.6 Å². The van der Waals surface area contributed by atoms with Gasteiger partial charge in [-0.25, -0.2) is 9.59 Å². The molecule has 0 saturated carbocycles. The van der Waals surface area contributed by atoms with Crippen LogP contribution in [0, 0.1) is 0 Å². The molecule has 1 fully saturated rings. The van der Waals surface area contributed by atoms with Crippen LogP contribution in [0.2, 0.25) is 0 Å². The summed E-state index contributed by atoms with van der Waals surface area (Å²) in [5.74, 6) is -1.27. The molecule has 27 heavy (non-hydrogen) atoms. The van der Waals surface area contributed by atoms with Gasteiger partial charge in [0.1, 0.15) is 19.6 Å². The summed E-state index contributed by atoms with van der Waals surface area (Å²) in [4.78, 5) is 36.7. The van der Waals surface area contributed by atoms with Crippen LogP contribution in [0.4, 0.5) is 4.79 Å². The normalized spacial score (nSPS) is 15.6. The lowest BCUT2D eigenvalue weighted by Gasteiger charge is -2.23. The van der Waals surface area contributed by atoms with E-state index in [0.717, 1.165) is 44.8 Å². The number of nitrogens with one attached hydrogen (secondary N) is 3. The molecule has 0 radical (unpaired) electrons. The van der Waals surface area contributed by atoms with Crippen molar-refractivity contribution in [1.29, 1.82) is 0 Å². The highest BCUT2D eigenvalue weighted by Gasteiger charge is 2.16. The van der Waals surface area contributed by atoms with E-state index >= 15 is 0 Å². The summed E-state index contributed by atoms with van der Waals surface area (Å²) in [6, 6.07) is 6.51. The minimum Gasteiger partial charge on any atom is -0.452 e. The van der Waals surface area contributed by atoms with Crippen molar-refractivity contribution < 1.29 is 28.8 Å². The molecule has 0 aliphatic carbocycles. The third kappa shape index (κ3) is 7.36. The SMILES string of the molecule is CC[C@@H](C)NC(=O)NC(=O)COC(=O)c1ccc(C[NH+]2CCOCC2)cc1. The lowest BCUT2D eigenvalue weighted by molar-refractivity contribution is -0.921. The van der Waals surface area contributed by atoms with Crippen LogP contribution in [0.15, 0.2) is 24.3 Å². The first-order valence-electron chi connectivity index (χ1n) is 9.25. The number of carbonyl (C=O) groups excluding carboxylic acids is 3. The Morgan fingerprint density at radius 1 is 1.19 bits per heavy atom. The fraction of sp³-hybridized carbons (Fsp3) is 0.526. The fourth-order valence-corrected chi connectivity index (χ4v) is 2.62. The number of hydrogen-bond acceptors (Lipinski definition) is 5. The number of amides is 3. The maximum absolute atomic E-state index is 12.0. The molecule has 3 amide bonds. The molecular formula is C19H28N3O5+. The number of ether oxygens (including phenoxy) is 2. The van der Waals surface area contributed by atoms with Crippen LogP contribution in [0.3, 0.4) is 0 Å². The first kappa shape index (κ1) is 20.9. The number of carbonyl (C=O) groups is 3. The van der Waals surface area contributed by atoms with Crippen LogP contribution in [0.5, 0.6) is 0 Å². The monoisotopic (exact) mass is 378 g/mol. The van der Waals surface area contributed by atoms with Crippen LogP contribution >= 0.6 is 0 Å². The molecule has 1 aromatic rings. The molecule has 1 heterocycles. The van der Waals surface area contributed by atoms with Crippen LogP contribution < -0.4 is 15.5 Å². The van der Waals surface area contributed by atoms with Gasteiger partial charge in [-0.2, -0.15) is 0 Å². The van der Waals surface area contributed by atoms with Gasteiger partial charge < -0.3 is 19.7 Å². The van der Waals surface area contributed by atoms with Crippen molar-refractivity contribution in [2.45, 2.75) is 32.9 Å². The molecule has 1 saturated heterocycles. The van der Waals surface area contributed by atoms with Crippen molar-refractivity contribution in [3.8, 4) is 0 Å². The Labute approximate surface area is 159 Å². The van der Waals surface area contributed by atoms with Gasteiger partial charge in [-0.15, -0.1) is 0 Å². The minimum atomic E-state index is -0.670. The molecule has 8 heteroatoms. The predicted molar refractivity (Wildman–Crippen MR) is 98.4 cm³/mol. The first-order chi connectivity index (χ1) is 13.0. The molecule has 3 N–H and O–H groups in total. The third-order valence-electron chi connectivity index (χ3n) is 4.42. The quantitative estimate of drug-likeness (QED) is 0.575.